The fourth-order valence-electron chi connectivity index (χ4n) is 2.34. The van der Waals surface area contributed by atoms with E-state index >= 15 is 0 Å². The van der Waals surface area contributed by atoms with Gasteiger partial charge in [0.15, 0.2) is 0 Å². The van der Waals surface area contributed by atoms with Gasteiger partial charge in [-0.05, 0) is 38.2 Å². The van der Waals surface area contributed by atoms with E-state index < -0.39 is 0 Å². The monoisotopic (exact) mass is 329 g/mol. The summed E-state index contributed by atoms with van der Waals surface area (Å²) in [4.78, 5) is 11.2. The van der Waals surface area contributed by atoms with Crippen molar-refractivity contribution in [3.63, 3.8) is 0 Å². The summed E-state index contributed by atoms with van der Waals surface area (Å²) in [6, 6.07) is 7.68. The molecule has 0 N–H and O–H groups in total. The van der Waals surface area contributed by atoms with Crippen molar-refractivity contribution in [2.75, 3.05) is 14.2 Å². The zero-order valence-electron chi connectivity index (χ0n) is 13.4. The molecule has 23 heavy (non-hydrogen) atoms. The number of aryl methyl sites for hydroxylation is 1. The molecule has 2 heterocycles. The SMILES string of the molecule is COc1ccc(-c2nc(CN(C)Cc3csc(C)n3)co2)cc1. The number of benzene rings is 1. The summed E-state index contributed by atoms with van der Waals surface area (Å²) < 4.78 is 10.7. The van der Waals surface area contributed by atoms with Crippen molar-refractivity contribution in [1.29, 1.82) is 0 Å². The predicted octanol–water partition coefficient (Wildman–Crippen LogP) is 3.75. The Bertz CT molecular complexity index is 764. The van der Waals surface area contributed by atoms with Gasteiger partial charge in [0, 0.05) is 24.0 Å². The van der Waals surface area contributed by atoms with Gasteiger partial charge < -0.3 is 9.15 Å². The highest BCUT2D eigenvalue weighted by Gasteiger charge is 2.10. The van der Waals surface area contributed by atoms with Gasteiger partial charge in [0.1, 0.15) is 12.0 Å². The summed E-state index contributed by atoms with van der Waals surface area (Å²) in [6.07, 6.45) is 1.71. The van der Waals surface area contributed by atoms with Gasteiger partial charge in [-0.3, -0.25) is 4.90 Å². The number of nitrogens with zero attached hydrogens (tertiary/aromatic N) is 3. The van der Waals surface area contributed by atoms with Crippen molar-refractivity contribution < 1.29 is 9.15 Å². The largest absolute Gasteiger partial charge is 0.497 e. The van der Waals surface area contributed by atoms with Crippen LogP contribution in [0.5, 0.6) is 5.75 Å². The van der Waals surface area contributed by atoms with Gasteiger partial charge in [0.25, 0.3) is 0 Å². The lowest BCUT2D eigenvalue weighted by Crippen LogP contribution is -2.17. The summed E-state index contributed by atoms with van der Waals surface area (Å²) in [5, 5.41) is 3.19. The molecule has 0 aliphatic rings. The molecule has 0 saturated carbocycles. The highest BCUT2D eigenvalue weighted by atomic mass is 32.1. The molecule has 0 radical (unpaired) electrons. The summed E-state index contributed by atoms with van der Waals surface area (Å²) in [5.41, 5.74) is 2.94. The Morgan fingerprint density at radius 1 is 1.13 bits per heavy atom. The zero-order chi connectivity index (χ0) is 16.2. The first-order valence-electron chi connectivity index (χ1n) is 7.32. The summed E-state index contributed by atoms with van der Waals surface area (Å²) in [5.74, 6) is 1.44. The Hall–Kier alpha value is -2.18. The minimum Gasteiger partial charge on any atom is -0.497 e. The van der Waals surface area contributed by atoms with Gasteiger partial charge in [-0.1, -0.05) is 0 Å². The van der Waals surface area contributed by atoms with Gasteiger partial charge in [-0.25, -0.2) is 9.97 Å². The van der Waals surface area contributed by atoms with Crippen LogP contribution in [0.4, 0.5) is 0 Å². The summed E-state index contributed by atoms with van der Waals surface area (Å²) >= 11 is 1.67. The van der Waals surface area contributed by atoms with Gasteiger partial charge >= 0.3 is 0 Å². The molecule has 6 heteroatoms. The molecule has 2 aromatic heterocycles. The number of aromatic nitrogens is 2. The summed E-state index contributed by atoms with van der Waals surface area (Å²) in [7, 11) is 3.70. The number of thiazole rings is 1. The molecule has 0 aliphatic heterocycles. The molecule has 0 bridgehead atoms. The van der Waals surface area contributed by atoms with E-state index in [2.05, 4.69) is 27.3 Å². The maximum atomic E-state index is 5.59. The van der Waals surface area contributed by atoms with Crippen molar-refractivity contribution in [2.45, 2.75) is 20.0 Å². The van der Waals surface area contributed by atoms with Crippen LogP contribution in [0, 0.1) is 6.92 Å². The molecule has 0 aliphatic carbocycles. The lowest BCUT2D eigenvalue weighted by atomic mass is 10.2. The minimum absolute atomic E-state index is 0.626. The Kier molecular flexibility index (Phi) is 4.73. The first-order chi connectivity index (χ1) is 11.1. The Balaban J connectivity index is 1.64. The molecule has 3 aromatic rings. The van der Waals surface area contributed by atoms with E-state index in [1.54, 1.807) is 24.7 Å². The minimum atomic E-state index is 0.626. The quantitative estimate of drug-likeness (QED) is 0.689. The van der Waals surface area contributed by atoms with Crippen LogP contribution in [0.25, 0.3) is 11.5 Å². The average Bonchev–Trinajstić information content (AvgIpc) is 3.16. The highest BCUT2D eigenvalue weighted by molar-refractivity contribution is 7.09. The van der Waals surface area contributed by atoms with Gasteiger partial charge in [0.05, 0.1) is 23.5 Å². The Morgan fingerprint density at radius 2 is 1.87 bits per heavy atom. The van der Waals surface area contributed by atoms with Gasteiger partial charge in [-0.2, -0.15) is 0 Å². The number of hydrogen-bond donors (Lipinski definition) is 0. The van der Waals surface area contributed by atoms with Gasteiger partial charge in [0.2, 0.25) is 5.89 Å². The zero-order valence-corrected chi connectivity index (χ0v) is 14.3. The maximum Gasteiger partial charge on any atom is 0.226 e. The van der Waals surface area contributed by atoms with Crippen LogP contribution in [0.2, 0.25) is 0 Å². The maximum absolute atomic E-state index is 5.59. The summed E-state index contributed by atoms with van der Waals surface area (Å²) in [6.45, 7) is 3.54. The molecular formula is C17H19N3O2S. The lowest BCUT2D eigenvalue weighted by Gasteiger charge is -2.12. The number of hydrogen-bond acceptors (Lipinski definition) is 6. The van der Waals surface area contributed by atoms with E-state index in [0.29, 0.717) is 5.89 Å². The van der Waals surface area contributed by atoms with Crippen molar-refractivity contribution in [3.05, 3.63) is 52.3 Å². The van der Waals surface area contributed by atoms with Gasteiger partial charge in [-0.15, -0.1) is 11.3 Å². The topological polar surface area (TPSA) is 51.4 Å². The molecule has 5 nitrogen and oxygen atoms in total. The fraction of sp³-hybridized carbons (Fsp3) is 0.294. The first kappa shape index (κ1) is 15.7. The van der Waals surface area contributed by atoms with Crippen molar-refractivity contribution in [2.24, 2.45) is 0 Å². The number of oxazole rings is 1. The molecule has 0 unspecified atom stereocenters. The number of rotatable bonds is 6. The molecule has 0 saturated heterocycles. The van der Waals surface area contributed by atoms with E-state index in [0.717, 1.165) is 40.8 Å². The molecule has 1 aromatic carbocycles. The van der Waals surface area contributed by atoms with Crippen molar-refractivity contribution >= 4 is 11.3 Å². The third kappa shape index (κ3) is 3.97. The van der Waals surface area contributed by atoms with Crippen LogP contribution >= 0.6 is 11.3 Å². The van der Waals surface area contributed by atoms with E-state index in [-0.39, 0.29) is 0 Å². The third-order valence-corrected chi connectivity index (χ3v) is 4.24. The third-order valence-electron chi connectivity index (χ3n) is 3.42. The Labute approximate surface area is 139 Å². The van der Waals surface area contributed by atoms with Crippen molar-refractivity contribution in [3.8, 4) is 17.2 Å². The second kappa shape index (κ2) is 6.93. The highest BCUT2D eigenvalue weighted by Crippen LogP contribution is 2.22. The van der Waals surface area contributed by atoms with Crippen molar-refractivity contribution in [1.82, 2.24) is 14.9 Å². The molecule has 0 fully saturated rings. The second-order valence-electron chi connectivity index (χ2n) is 5.40. The number of ether oxygens (including phenoxy) is 1. The molecule has 0 atom stereocenters. The van der Waals surface area contributed by atoms with Crippen LogP contribution in [0.1, 0.15) is 16.4 Å². The van der Waals surface area contributed by atoms with Crippen LogP contribution < -0.4 is 4.74 Å². The lowest BCUT2D eigenvalue weighted by molar-refractivity contribution is 0.311. The Morgan fingerprint density at radius 3 is 2.52 bits per heavy atom. The van der Waals surface area contributed by atoms with Crippen LogP contribution in [-0.4, -0.2) is 29.0 Å². The first-order valence-corrected chi connectivity index (χ1v) is 8.20. The normalized spacial score (nSPS) is 11.1. The van der Waals surface area contributed by atoms with E-state index in [9.17, 15) is 0 Å². The smallest absolute Gasteiger partial charge is 0.226 e. The second-order valence-corrected chi connectivity index (χ2v) is 6.46. The molecule has 3 rings (SSSR count). The molecule has 0 amide bonds. The predicted molar refractivity (Wildman–Crippen MR) is 90.5 cm³/mol. The molecule has 0 spiro atoms. The number of methoxy groups -OCH3 is 1. The van der Waals surface area contributed by atoms with E-state index in [4.69, 9.17) is 9.15 Å². The van der Waals surface area contributed by atoms with E-state index in [1.807, 2.05) is 31.2 Å². The van der Waals surface area contributed by atoms with Crippen LogP contribution in [-0.2, 0) is 13.1 Å². The fourth-order valence-corrected chi connectivity index (χ4v) is 2.94. The standard InChI is InChI=1S/C17H19N3O2S/c1-12-18-15(11-23-12)9-20(2)8-14-10-22-17(19-14)13-4-6-16(21-3)7-5-13/h4-7,10-11H,8-9H2,1-3H3. The van der Waals surface area contributed by atoms with Crippen LogP contribution in [0.3, 0.4) is 0 Å². The average molecular weight is 329 g/mol. The molecule has 120 valence electrons. The van der Waals surface area contributed by atoms with E-state index in [1.165, 1.54) is 0 Å². The molecular weight excluding hydrogens is 310 g/mol. The van der Waals surface area contributed by atoms with Crippen LogP contribution in [0.15, 0.2) is 40.3 Å².